The lowest BCUT2D eigenvalue weighted by molar-refractivity contribution is 0.261. The number of hydrogen-bond acceptors (Lipinski definition) is 2. The molecule has 1 atom stereocenters. The normalized spacial score (nSPS) is 20.3. The summed E-state index contributed by atoms with van der Waals surface area (Å²) in [6.45, 7) is 7.99. The van der Waals surface area contributed by atoms with Gasteiger partial charge in [-0.05, 0) is 44.9 Å². The van der Waals surface area contributed by atoms with Crippen LogP contribution in [0.3, 0.4) is 0 Å². The fourth-order valence-corrected chi connectivity index (χ4v) is 3.37. The standard InChI is InChI=1S/C16H22ClN3/c1-12(2)19-8-7-13(10-19)11-20-15-6-4-3-5-14(15)18-16(20)9-17/h3-6,12-13H,7-11H2,1-2H3. The summed E-state index contributed by atoms with van der Waals surface area (Å²) in [5, 5.41) is 0. The highest BCUT2D eigenvalue weighted by atomic mass is 35.5. The molecule has 1 aliphatic rings. The zero-order chi connectivity index (χ0) is 14.1. The van der Waals surface area contributed by atoms with Crippen LogP contribution in [0, 0.1) is 5.92 Å². The van der Waals surface area contributed by atoms with Gasteiger partial charge in [0.15, 0.2) is 0 Å². The predicted octanol–water partition coefficient (Wildman–Crippen LogP) is 3.51. The maximum atomic E-state index is 6.07. The van der Waals surface area contributed by atoms with Gasteiger partial charge >= 0.3 is 0 Å². The molecule has 1 aliphatic heterocycles. The SMILES string of the molecule is CC(C)N1CCC(Cn2c(CCl)nc3ccccc32)C1. The third-order valence-electron chi connectivity index (χ3n) is 4.34. The van der Waals surface area contributed by atoms with Crippen molar-refractivity contribution >= 4 is 22.6 Å². The Labute approximate surface area is 125 Å². The van der Waals surface area contributed by atoms with Crippen LogP contribution in [0.5, 0.6) is 0 Å². The molecule has 1 saturated heterocycles. The van der Waals surface area contributed by atoms with Crippen LogP contribution in [0.4, 0.5) is 0 Å². The molecule has 0 aliphatic carbocycles. The van der Waals surface area contributed by atoms with E-state index >= 15 is 0 Å². The lowest BCUT2D eigenvalue weighted by Crippen LogP contribution is -2.28. The molecule has 0 bridgehead atoms. The second-order valence-electron chi connectivity index (χ2n) is 6.00. The Kier molecular flexibility index (Phi) is 3.99. The maximum absolute atomic E-state index is 6.07. The molecule has 1 fully saturated rings. The summed E-state index contributed by atoms with van der Waals surface area (Å²) in [4.78, 5) is 7.20. The van der Waals surface area contributed by atoms with Crippen molar-refractivity contribution in [3.05, 3.63) is 30.1 Å². The van der Waals surface area contributed by atoms with E-state index < -0.39 is 0 Å². The van der Waals surface area contributed by atoms with Crippen molar-refractivity contribution in [2.24, 2.45) is 5.92 Å². The number of nitrogens with zero attached hydrogens (tertiary/aromatic N) is 3. The number of halogens is 1. The fourth-order valence-electron chi connectivity index (χ4n) is 3.17. The van der Waals surface area contributed by atoms with Gasteiger partial charge in [-0.25, -0.2) is 4.98 Å². The van der Waals surface area contributed by atoms with E-state index in [4.69, 9.17) is 11.6 Å². The Hall–Kier alpha value is -1.06. The molecule has 3 nitrogen and oxygen atoms in total. The van der Waals surface area contributed by atoms with E-state index in [2.05, 4.69) is 46.5 Å². The Morgan fingerprint density at radius 1 is 1.35 bits per heavy atom. The fraction of sp³-hybridized carbons (Fsp3) is 0.562. The van der Waals surface area contributed by atoms with Crippen LogP contribution in [0.25, 0.3) is 11.0 Å². The van der Waals surface area contributed by atoms with Crippen LogP contribution in [0.1, 0.15) is 26.1 Å². The van der Waals surface area contributed by atoms with Gasteiger partial charge < -0.3 is 9.47 Å². The van der Waals surface area contributed by atoms with Crippen molar-refractivity contribution in [3.63, 3.8) is 0 Å². The molecule has 108 valence electrons. The van der Waals surface area contributed by atoms with E-state index in [9.17, 15) is 0 Å². The van der Waals surface area contributed by atoms with E-state index in [1.54, 1.807) is 0 Å². The number of likely N-dealkylation sites (tertiary alicyclic amines) is 1. The average molecular weight is 292 g/mol. The zero-order valence-electron chi connectivity index (χ0n) is 12.2. The Balaban J connectivity index is 1.84. The summed E-state index contributed by atoms with van der Waals surface area (Å²) >= 11 is 6.07. The van der Waals surface area contributed by atoms with Gasteiger partial charge in [0.05, 0.1) is 16.9 Å². The van der Waals surface area contributed by atoms with Crippen LogP contribution in [-0.4, -0.2) is 33.6 Å². The quantitative estimate of drug-likeness (QED) is 0.804. The molecule has 1 aromatic heterocycles. The molecule has 2 aromatic rings. The minimum atomic E-state index is 0.481. The summed E-state index contributed by atoms with van der Waals surface area (Å²) in [5.41, 5.74) is 2.27. The smallest absolute Gasteiger partial charge is 0.124 e. The summed E-state index contributed by atoms with van der Waals surface area (Å²) in [5.74, 6) is 2.18. The molecular weight excluding hydrogens is 270 g/mol. The third-order valence-corrected chi connectivity index (χ3v) is 4.58. The van der Waals surface area contributed by atoms with E-state index in [1.165, 1.54) is 25.0 Å². The number of aromatic nitrogens is 2. The van der Waals surface area contributed by atoms with Gasteiger partial charge in [0.25, 0.3) is 0 Å². The monoisotopic (exact) mass is 291 g/mol. The second kappa shape index (κ2) is 5.74. The number of hydrogen-bond donors (Lipinski definition) is 0. The van der Waals surface area contributed by atoms with Crippen molar-refractivity contribution in [2.75, 3.05) is 13.1 Å². The van der Waals surface area contributed by atoms with Crippen LogP contribution in [-0.2, 0) is 12.4 Å². The maximum Gasteiger partial charge on any atom is 0.124 e. The lowest BCUT2D eigenvalue weighted by atomic mass is 10.1. The molecule has 2 heterocycles. The molecule has 0 radical (unpaired) electrons. The van der Waals surface area contributed by atoms with Gasteiger partial charge in [-0.1, -0.05) is 12.1 Å². The van der Waals surface area contributed by atoms with Crippen molar-refractivity contribution in [2.45, 2.75) is 38.7 Å². The van der Waals surface area contributed by atoms with Crippen LogP contribution in [0.15, 0.2) is 24.3 Å². The largest absolute Gasteiger partial charge is 0.327 e. The van der Waals surface area contributed by atoms with Gasteiger partial charge in [0.1, 0.15) is 5.82 Å². The van der Waals surface area contributed by atoms with E-state index in [-0.39, 0.29) is 0 Å². The number of benzene rings is 1. The highest BCUT2D eigenvalue weighted by Crippen LogP contribution is 2.24. The average Bonchev–Trinajstić information content (AvgIpc) is 3.04. The minimum Gasteiger partial charge on any atom is -0.327 e. The molecule has 20 heavy (non-hydrogen) atoms. The number of imidazole rings is 1. The lowest BCUT2D eigenvalue weighted by Gasteiger charge is -2.20. The minimum absolute atomic E-state index is 0.481. The van der Waals surface area contributed by atoms with E-state index in [0.717, 1.165) is 17.9 Å². The Bertz CT molecular complexity index is 590. The third kappa shape index (κ3) is 2.57. The summed E-state index contributed by atoms with van der Waals surface area (Å²) < 4.78 is 2.32. The van der Waals surface area contributed by atoms with Crippen LogP contribution >= 0.6 is 11.6 Å². The van der Waals surface area contributed by atoms with Gasteiger partial charge in [0, 0.05) is 19.1 Å². The number of fused-ring (bicyclic) bond motifs is 1. The van der Waals surface area contributed by atoms with E-state index in [0.29, 0.717) is 17.8 Å². The molecule has 0 spiro atoms. The molecule has 0 N–H and O–H groups in total. The molecular formula is C16H22ClN3. The molecule has 1 unspecified atom stereocenters. The Morgan fingerprint density at radius 3 is 2.85 bits per heavy atom. The first kappa shape index (κ1) is 13.9. The van der Waals surface area contributed by atoms with Crippen molar-refractivity contribution in [1.29, 1.82) is 0 Å². The predicted molar refractivity (Wildman–Crippen MR) is 84.1 cm³/mol. The highest BCUT2D eigenvalue weighted by molar-refractivity contribution is 6.16. The molecule has 0 amide bonds. The van der Waals surface area contributed by atoms with Crippen LogP contribution < -0.4 is 0 Å². The first-order chi connectivity index (χ1) is 9.69. The van der Waals surface area contributed by atoms with Crippen molar-refractivity contribution in [1.82, 2.24) is 14.5 Å². The Morgan fingerprint density at radius 2 is 2.15 bits per heavy atom. The first-order valence-corrected chi connectivity index (χ1v) is 7.96. The van der Waals surface area contributed by atoms with Crippen molar-refractivity contribution in [3.8, 4) is 0 Å². The van der Waals surface area contributed by atoms with E-state index in [1.807, 2.05) is 6.07 Å². The molecule has 0 saturated carbocycles. The van der Waals surface area contributed by atoms with Gasteiger partial charge in [-0.3, -0.25) is 0 Å². The van der Waals surface area contributed by atoms with Gasteiger partial charge in [0.2, 0.25) is 0 Å². The second-order valence-corrected chi connectivity index (χ2v) is 6.27. The zero-order valence-corrected chi connectivity index (χ0v) is 13.0. The molecule has 1 aromatic carbocycles. The number of alkyl halides is 1. The summed E-state index contributed by atoms with van der Waals surface area (Å²) in [6, 6.07) is 8.97. The highest BCUT2D eigenvalue weighted by Gasteiger charge is 2.25. The number of rotatable bonds is 4. The first-order valence-electron chi connectivity index (χ1n) is 7.43. The van der Waals surface area contributed by atoms with Gasteiger partial charge in [-0.15, -0.1) is 11.6 Å². The number of para-hydroxylation sites is 2. The molecule has 3 rings (SSSR count). The summed E-state index contributed by atoms with van der Waals surface area (Å²) in [6.07, 6.45) is 1.27. The van der Waals surface area contributed by atoms with Crippen LogP contribution in [0.2, 0.25) is 0 Å². The topological polar surface area (TPSA) is 21.1 Å². The van der Waals surface area contributed by atoms with Crippen molar-refractivity contribution < 1.29 is 0 Å². The summed E-state index contributed by atoms with van der Waals surface area (Å²) in [7, 11) is 0. The van der Waals surface area contributed by atoms with Gasteiger partial charge in [-0.2, -0.15) is 0 Å². The molecule has 4 heteroatoms.